The number of anilines is 2. The van der Waals surface area contributed by atoms with Crippen molar-refractivity contribution in [1.82, 2.24) is 10.2 Å². The van der Waals surface area contributed by atoms with Gasteiger partial charge in [0.1, 0.15) is 5.75 Å². The number of halogens is 1. The van der Waals surface area contributed by atoms with Crippen molar-refractivity contribution in [2.24, 2.45) is 0 Å². The summed E-state index contributed by atoms with van der Waals surface area (Å²) in [6, 6.07) is 12.5. The van der Waals surface area contributed by atoms with Crippen molar-refractivity contribution in [3.8, 4) is 5.75 Å². The molecule has 7 nitrogen and oxygen atoms in total. The van der Waals surface area contributed by atoms with E-state index in [-0.39, 0.29) is 16.9 Å². The average molecular weight is 503 g/mol. The minimum Gasteiger partial charge on any atom is -0.494 e. The van der Waals surface area contributed by atoms with Crippen molar-refractivity contribution in [2.75, 3.05) is 43.0 Å². The summed E-state index contributed by atoms with van der Waals surface area (Å²) in [5, 5.41) is 6.45. The molecule has 0 spiro atoms. The highest BCUT2D eigenvalue weighted by Gasteiger charge is 2.22. The molecule has 182 valence electrons. The van der Waals surface area contributed by atoms with E-state index < -0.39 is 0 Å². The normalized spacial score (nSPS) is 13.4. The molecule has 0 unspecified atom stereocenters. The first-order valence-corrected chi connectivity index (χ1v) is 12.4. The largest absolute Gasteiger partial charge is 0.494 e. The van der Waals surface area contributed by atoms with Gasteiger partial charge in [0, 0.05) is 43.9 Å². The molecule has 3 rings (SSSR count). The van der Waals surface area contributed by atoms with Gasteiger partial charge in [0.05, 0.1) is 17.3 Å². The quantitative estimate of drug-likeness (QED) is 0.509. The van der Waals surface area contributed by atoms with Crippen LogP contribution in [0.4, 0.5) is 11.4 Å². The Balaban J connectivity index is 1.52. The molecule has 0 aromatic heterocycles. The van der Waals surface area contributed by atoms with Gasteiger partial charge in [-0.05, 0) is 67.5 Å². The van der Waals surface area contributed by atoms with Gasteiger partial charge in [0.25, 0.3) is 5.91 Å². The second-order valence-electron chi connectivity index (χ2n) is 8.07. The van der Waals surface area contributed by atoms with E-state index in [1.165, 1.54) is 0 Å². The summed E-state index contributed by atoms with van der Waals surface area (Å²) in [6.07, 6.45) is 2.38. The predicted octanol–water partition coefficient (Wildman–Crippen LogP) is 4.70. The van der Waals surface area contributed by atoms with Crippen LogP contribution in [-0.4, -0.2) is 54.6 Å². The first kappa shape index (κ1) is 25.8. The molecule has 1 fully saturated rings. The molecule has 1 aliphatic heterocycles. The molecule has 0 aliphatic carbocycles. The number of piperazine rings is 1. The van der Waals surface area contributed by atoms with Gasteiger partial charge in [-0.25, -0.2) is 0 Å². The Morgan fingerprint density at radius 1 is 1.03 bits per heavy atom. The number of carbonyl (C=O) groups is 2. The third-order valence-electron chi connectivity index (χ3n) is 5.46. The van der Waals surface area contributed by atoms with Crippen LogP contribution in [0.3, 0.4) is 0 Å². The maximum atomic E-state index is 12.5. The number of nitrogens with zero attached hydrogens (tertiary/aromatic N) is 2. The third kappa shape index (κ3) is 7.08. The minimum atomic E-state index is -0.308. The van der Waals surface area contributed by atoms with Crippen LogP contribution in [0.2, 0.25) is 5.02 Å². The van der Waals surface area contributed by atoms with Crippen LogP contribution < -0.4 is 20.3 Å². The second kappa shape index (κ2) is 12.6. The van der Waals surface area contributed by atoms with Crippen LogP contribution in [-0.2, 0) is 4.79 Å². The van der Waals surface area contributed by atoms with Gasteiger partial charge in [-0.15, -0.1) is 0 Å². The minimum absolute atomic E-state index is 0.183. The summed E-state index contributed by atoms with van der Waals surface area (Å²) in [7, 11) is 0. The molecule has 1 heterocycles. The summed E-state index contributed by atoms with van der Waals surface area (Å²) < 4.78 is 5.54. The summed E-state index contributed by atoms with van der Waals surface area (Å²) in [5.41, 5.74) is 2.08. The number of hydrogen-bond acceptors (Lipinski definition) is 5. The molecule has 0 saturated carbocycles. The van der Waals surface area contributed by atoms with Crippen LogP contribution in [0.15, 0.2) is 42.5 Å². The van der Waals surface area contributed by atoms with Crippen molar-refractivity contribution in [2.45, 2.75) is 33.1 Å². The van der Waals surface area contributed by atoms with E-state index in [0.29, 0.717) is 42.4 Å². The summed E-state index contributed by atoms with van der Waals surface area (Å²) >= 11 is 11.8. The summed E-state index contributed by atoms with van der Waals surface area (Å²) in [6.45, 7) is 7.54. The van der Waals surface area contributed by atoms with Crippen LogP contribution in [0.5, 0.6) is 5.75 Å². The SMILES string of the molecule is CCCOc1ccc(C(=O)NC(=S)Nc2ccc(N3CCN(C(=O)CCC)CC3)c(Cl)c2)cc1. The molecule has 2 amide bonds. The van der Waals surface area contributed by atoms with Gasteiger partial charge in [0.15, 0.2) is 5.11 Å². The molecule has 0 radical (unpaired) electrons. The lowest BCUT2D eigenvalue weighted by atomic mass is 10.2. The summed E-state index contributed by atoms with van der Waals surface area (Å²) in [5.74, 6) is 0.629. The topological polar surface area (TPSA) is 73.9 Å². The smallest absolute Gasteiger partial charge is 0.257 e. The van der Waals surface area contributed by atoms with E-state index >= 15 is 0 Å². The van der Waals surface area contributed by atoms with Crippen molar-refractivity contribution < 1.29 is 14.3 Å². The monoisotopic (exact) mass is 502 g/mol. The maximum absolute atomic E-state index is 12.5. The Morgan fingerprint density at radius 3 is 2.35 bits per heavy atom. The Kier molecular flexibility index (Phi) is 9.53. The van der Waals surface area contributed by atoms with Crippen molar-refractivity contribution in [3.63, 3.8) is 0 Å². The highest BCUT2D eigenvalue weighted by atomic mass is 35.5. The standard InChI is InChI=1S/C25H31ClN4O3S/c1-3-5-23(31)30-14-12-29(13-15-30)22-11-8-19(17-21(22)26)27-25(34)28-24(32)18-6-9-20(10-7-18)33-16-4-2/h6-11,17H,3-5,12-16H2,1-2H3,(H2,27,28,32,34). The Bertz CT molecular complexity index is 1010. The van der Waals surface area contributed by atoms with Crippen LogP contribution in [0.25, 0.3) is 0 Å². The first-order valence-electron chi connectivity index (χ1n) is 11.6. The number of benzene rings is 2. The van der Waals surface area contributed by atoms with Gasteiger partial charge in [-0.2, -0.15) is 0 Å². The van der Waals surface area contributed by atoms with Crippen LogP contribution >= 0.6 is 23.8 Å². The summed E-state index contributed by atoms with van der Waals surface area (Å²) in [4.78, 5) is 28.7. The van der Waals surface area contributed by atoms with Gasteiger partial charge < -0.3 is 19.9 Å². The third-order valence-corrected chi connectivity index (χ3v) is 5.97. The van der Waals surface area contributed by atoms with Crippen LogP contribution in [0, 0.1) is 0 Å². The lowest BCUT2D eigenvalue weighted by Crippen LogP contribution is -2.48. The fourth-order valence-electron chi connectivity index (χ4n) is 3.67. The highest BCUT2D eigenvalue weighted by Crippen LogP contribution is 2.29. The number of rotatable bonds is 8. The van der Waals surface area contributed by atoms with Gasteiger partial charge >= 0.3 is 0 Å². The molecule has 0 bridgehead atoms. The van der Waals surface area contributed by atoms with E-state index in [1.807, 2.05) is 30.9 Å². The van der Waals surface area contributed by atoms with Crippen LogP contribution in [0.1, 0.15) is 43.5 Å². The molecular formula is C25H31ClN4O3S. The molecule has 34 heavy (non-hydrogen) atoms. The van der Waals surface area contributed by atoms with Crippen molar-refractivity contribution in [1.29, 1.82) is 0 Å². The van der Waals surface area contributed by atoms with E-state index in [9.17, 15) is 9.59 Å². The van der Waals surface area contributed by atoms with E-state index in [2.05, 4.69) is 15.5 Å². The molecular weight excluding hydrogens is 472 g/mol. The Hall–Kier alpha value is -2.84. The second-order valence-corrected chi connectivity index (χ2v) is 8.88. The number of ether oxygens (including phenoxy) is 1. The number of thiocarbonyl (C=S) groups is 1. The Morgan fingerprint density at radius 2 is 1.74 bits per heavy atom. The number of hydrogen-bond donors (Lipinski definition) is 2. The zero-order chi connectivity index (χ0) is 24.5. The lowest BCUT2D eigenvalue weighted by molar-refractivity contribution is -0.131. The molecule has 1 aliphatic rings. The Labute approximate surface area is 211 Å². The molecule has 2 N–H and O–H groups in total. The molecule has 2 aromatic rings. The molecule has 0 atom stereocenters. The van der Waals surface area contributed by atoms with Gasteiger partial charge in [0.2, 0.25) is 5.91 Å². The zero-order valence-electron chi connectivity index (χ0n) is 19.6. The van der Waals surface area contributed by atoms with E-state index in [1.54, 1.807) is 30.3 Å². The zero-order valence-corrected chi connectivity index (χ0v) is 21.2. The van der Waals surface area contributed by atoms with Gasteiger partial charge in [-0.1, -0.05) is 25.4 Å². The van der Waals surface area contributed by atoms with Crippen molar-refractivity contribution >= 4 is 52.1 Å². The lowest BCUT2D eigenvalue weighted by Gasteiger charge is -2.36. The number of nitrogens with one attached hydrogen (secondary N) is 2. The fraction of sp³-hybridized carbons (Fsp3) is 0.400. The highest BCUT2D eigenvalue weighted by molar-refractivity contribution is 7.80. The molecule has 1 saturated heterocycles. The molecule has 2 aromatic carbocycles. The average Bonchev–Trinajstić information content (AvgIpc) is 2.83. The van der Waals surface area contributed by atoms with E-state index in [0.717, 1.165) is 37.4 Å². The van der Waals surface area contributed by atoms with Gasteiger partial charge in [-0.3, -0.25) is 14.9 Å². The van der Waals surface area contributed by atoms with E-state index in [4.69, 9.17) is 28.6 Å². The maximum Gasteiger partial charge on any atom is 0.257 e. The van der Waals surface area contributed by atoms with Crippen molar-refractivity contribution in [3.05, 3.63) is 53.1 Å². The number of carbonyl (C=O) groups excluding carboxylic acids is 2. The number of amides is 2. The predicted molar refractivity (Wildman–Crippen MR) is 141 cm³/mol. The molecule has 9 heteroatoms. The first-order chi connectivity index (χ1) is 16.4. The fourth-order valence-corrected chi connectivity index (χ4v) is 4.18.